The van der Waals surface area contributed by atoms with E-state index >= 15 is 0 Å². The number of piperidine rings is 1. The molecule has 1 aromatic rings. The van der Waals surface area contributed by atoms with Crippen molar-refractivity contribution >= 4 is 5.96 Å². The minimum absolute atomic E-state index is 0.557. The van der Waals surface area contributed by atoms with Crippen LogP contribution < -0.4 is 10.6 Å². The lowest BCUT2D eigenvalue weighted by Gasteiger charge is -2.33. The molecule has 3 rings (SSSR count). The van der Waals surface area contributed by atoms with Crippen LogP contribution in [0.2, 0.25) is 0 Å². The van der Waals surface area contributed by atoms with Crippen molar-refractivity contribution in [3.05, 3.63) is 17.3 Å². The summed E-state index contributed by atoms with van der Waals surface area (Å²) in [6.45, 7) is 15.8. The van der Waals surface area contributed by atoms with Crippen LogP contribution >= 0.6 is 0 Å². The van der Waals surface area contributed by atoms with Crippen molar-refractivity contribution in [2.75, 3.05) is 26.2 Å². The summed E-state index contributed by atoms with van der Waals surface area (Å²) in [4.78, 5) is 11.9. The van der Waals surface area contributed by atoms with Crippen molar-refractivity contribution in [2.24, 2.45) is 22.7 Å². The average molecular weight is 404 g/mol. The van der Waals surface area contributed by atoms with Crippen LogP contribution in [-0.2, 0) is 6.54 Å². The SMILES string of the molecule is CCNC(=NCC1CCN(Cc2nc(C)c(C)o2)CC1)NC1CC(C)CC(C)C1. The fourth-order valence-electron chi connectivity index (χ4n) is 4.92. The molecule has 2 N–H and O–H groups in total. The van der Waals surface area contributed by atoms with Crippen LogP contribution in [-0.4, -0.2) is 48.1 Å². The Kier molecular flexibility index (Phi) is 7.99. The molecule has 29 heavy (non-hydrogen) atoms. The van der Waals surface area contributed by atoms with Gasteiger partial charge in [-0.15, -0.1) is 0 Å². The lowest BCUT2D eigenvalue weighted by Crippen LogP contribution is -2.46. The second-order valence-electron chi connectivity index (χ2n) is 9.45. The first-order valence-electron chi connectivity index (χ1n) is 11.6. The normalized spacial score (nSPS) is 27.2. The summed E-state index contributed by atoms with van der Waals surface area (Å²) >= 11 is 0. The van der Waals surface area contributed by atoms with E-state index in [1.807, 2.05) is 13.8 Å². The van der Waals surface area contributed by atoms with E-state index in [-0.39, 0.29) is 0 Å². The van der Waals surface area contributed by atoms with Crippen molar-refractivity contribution in [3.8, 4) is 0 Å². The molecule has 0 aromatic carbocycles. The molecule has 2 fully saturated rings. The number of hydrogen-bond donors (Lipinski definition) is 2. The molecule has 6 heteroatoms. The zero-order valence-corrected chi connectivity index (χ0v) is 19.1. The summed E-state index contributed by atoms with van der Waals surface area (Å²) in [5, 5.41) is 7.17. The first kappa shape index (κ1) is 22.1. The fourth-order valence-corrected chi connectivity index (χ4v) is 4.92. The van der Waals surface area contributed by atoms with Gasteiger partial charge in [0, 0.05) is 19.1 Å². The van der Waals surface area contributed by atoms with Gasteiger partial charge < -0.3 is 15.1 Å². The van der Waals surface area contributed by atoms with Crippen molar-refractivity contribution in [2.45, 2.75) is 79.3 Å². The number of guanidine groups is 1. The molecule has 6 nitrogen and oxygen atoms in total. The van der Waals surface area contributed by atoms with Crippen molar-refractivity contribution in [1.29, 1.82) is 0 Å². The Morgan fingerprint density at radius 2 is 1.83 bits per heavy atom. The lowest BCUT2D eigenvalue weighted by molar-refractivity contribution is 0.166. The molecule has 2 atom stereocenters. The number of aromatic nitrogens is 1. The zero-order chi connectivity index (χ0) is 20.8. The monoisotopic (exact) mass is 403 g/mol. The van der Waals surface area contributed by atoms with Gasteiger partial charge in [0.05, 0.1) is 12.2 Å². The molecule has 1 aliphatic heterocycles. The highest BCUT2D eigenvalue weighted by atomic mass is 16.4. The van der Waals surface area contributed by atoms with E-state index in [0.29, 0.717) is 12.0 Å². The van der Waals surface area contributed by atoms with Gasteiger partial charge in [0.25, 0.3) is 0 Å². The van der Waals surface area contributed by atoms with Gasteiger partial charge in [-0.3, -0.25) is 9.89 Å². The largest absolute Gasteiger partial charge is 0.444 e. The van der Waals surface area contributed by atoms with Crippen LogP contribution in [0.4, 0.5) is 0 Å². The van der Waals surface area contributed by atoms with E-state index < -0.39 is 0 Å². The number of nitrogens with zero attached hydrogens (tertiary/aromatic N) is 3. The number of oxazole rings is 1. The molecular weight excluding hydrogens is 362 g/mol. The first-order chi connectivity index (χ1) is 13.9. The molecule has 0 bridgehead atoms. The molecule has 0 spiro atoms. The van der Waals surface area contributed by atoms with Crippen LogP contribution in [0, 0.1) is 31.6 Å². The standard InChI is InChI=1S/C23H41N5O/c1-6-24-23(27-21-12-16(2)11-17(3)13-21)25-14-20-7-9-28(10-8-20)15-22-26-18(4)19(5)29-22/h16-17,20-21H,6-15H2,1-5H3,(H2,24,25,27). The number of likely N-dealkylation sites (tertiary alicyclic amines) is 1. The predicted octanol–water partition coefficient (Wildman–Crippen LogP) is 3.88. The molecule has 2 aliphatic rings. The van der Waals surface area contributed by atoms with E-state index in [0.717, 1.165) is 67.9 Å². The zero-order valence-electron chi connectivity index (χ0n) is 19.1. The Hall–Kier alpha value is -1.56. The molecule has 1 saturated heterocycles. The Labute approximate surface area is 176 Å². The van der Waals surface area contributed by atoms with Gasteiger partial charge >= 0.3 is 0 Å². The minimum atomic E-state index is 0.557. The maximum Gasteiger partial charge on any atom is 0.208 e. The predicted molar refractivity (Wildman–Crippen MR) is 119 cm³/mol. The van der Waals surface area contributed by atoms with Crippen molar-refractivity contribution in [1.82, 2.24) is 20.5 Å². The Balaban J connectivity index is 1.45. The van der Waals surface area contributed by atoms with E-state index in [1.165, 1.54) is 32.1 Å². The van der Waals surface area contributed by atoms with Gasteiger partial charge in [-0.2, -0.15) is 0 Å². The van der Waals surface area contributed by atoms with Crippen LogP contribution in [0.3, 0.4) is 0 Å². The highest BCUT2D eigenvalue weighted by Gasteiger charge is 2.25. The summed E-state index contributed by atoms with van der Waals surface area (Å²) in [6.07, 6.45) is 6.26. The lowest BCUT2D eigenvalue weighted by atomic mass is 9.80. The number of rotatable bonds is 6. The van der Waals surface area contributed by atoms with E-state index in [2.05, 4.69) is 41.3 Å². The molecular formula is C23H41N5O. The number of aliphatic imine (C=N–C) groups is 1. The maximum absolute atomic E-state index is 5.75. The Bertz CT molecular complexity index is 633. The second-order valence-corrected chi connectivity index (χ2v) is 9.45. The summed E-state index contributed by atoms with van der Waals surface area (Å²) in [6, 6.07) is 0.557. The highest BCUT2D eigenvalue weighted by Crippen LogP contribution is 2.28. The van der Waals surface area contributed by atoms with Gasteiger partial charge in [0.2, 0.25) is 5.89 Å². The molecule has 0 amide bonds. The fraction of sp³-hybridized carbons (Fsp3) is 0.826. The highest BCUT2D eigenvalue weighted by molar-refractivity contribution is 5.80. The Morgan fingerprint density at radius 1 is 1.14 bits per heavy atom. The smallest absolute Gasteiger partial charge is 0.208 e. The molecule has 1 saturated carbocycles. The molecule has 1 aliphatic carbocycles. The van der Waals surface area contributed by atoms with Crippen LogP contribution in [0.25, 0.3) is 0 Å². The van der Waals surface area contributed by atoms with Crippen LogP contribution in [0.15, 0.2) is 9.41 Å². The van der Waals surface area contributed by atoms with E-state index in [9.17, 15) is 0 Å². The molecule has 2 unspecified atom stereocenters. The van der Waals surface area contributed by atoms with Crippen LogP contribution in [0.5, 0.6) is 0 Å². The number of aryl methyl sites for hydroxylation is 2. The minimum Gasteiger partial charge on any atom is -0.444 e. The van der Waals surface area contributed by atoms with Gasteiger partial charge in [-0.1, -0.05) is 13.8 Å². The van der Waals surface area contributed by atoms with Gasteiger partial charge in [-0.25, -0.2) is 4.98 Å². The van der Waals surface area contributed by atoms with Crippen molar-refractivity contribution in [3.63, 3.8) is 0 Å². The summed E-state index contributed by atoms with van der Waals surface area (Å²) in [7, 11) is 0. The topological polar surface area (TPSA) is 65.7 Å². The summed E-state index contributed by atoms with van der Waals surface area (Å²) < 4.78 is 5.75. The maximum atomic E-state index is 5.75. The Morgan fingerprint density at radius 3 is 2.41 bits per heavy atom. The first-order valence-corrected chi connectivity index (χ1v) is 11.6. The average Bonchev–Trinajstić information content (AvgIpc) is 2.97. The quantitative estimate of drug-likeness (QED) is 0.557. The third-order valence-electron chi connectivity index (χ3n) is 6.51. The summed E-state index contributed by atoms with van der Waals surface area (Å²) in [5.41, 5.74) is 1.01. The third kappa shape index (κ3) is 6.73. The summed E-state index contributed by atoms with van der Waals surface area (Å²) in [5.74, 6) is 5.07. The number of nitrogens with one attached hydrogen (secondary N) is 2. The van der Waals surface area contributed by atoms with E-state index in [1.54, 1.807) is 0 Å². The van der Waals surface area contributed by atoms with Gasteiger partial charge in [-0.05, 0) is 83.7 Å². The third-order valence-corrected chi connectivity index (χ3v) is 6.51. The van der Waals surface area contributed by atoms with Crippen LogP contribution in [0.1, 0.15) is 70.2 Å². The van der Waals surface area contributed by atoms with Crippen molar-refractivity contribution < 1.29 is 4.42 Å². The molecule has 1 aromatic heterocycles. The molecule has 164 valence electrons. The second kappa shape index (κ2) is 10.5. The van der Waals surface area contributed by atoms with Gasteiger partial charge in [0.1, 0.15) is 5.76 Å². The number of hydrogen-bond acceptors (Lipinski definition) is 4. The van der Waals surface area contributed by atoms with Gasteiger partial charge in [0.15, 0.2) is 5.96 Å². The molecule has 0 radical (unpaired) electrons. The van der Waals surface area contributed by atoms with E-state index in [4.69, 9.17) is 9.41 Å². The molecule has 2 heterocycles.